The van der Waals surface area contributed by atoms with E-state index in [4.69, 9.17) is 0 Å². The van der Waals surface area contributed by atoms with Gasteiger partial charge in [-0.25, -0.2) is 0 Å². The van der Waals surface area contributed by atoms with Gasteiger partial charge in [-0.2, -0.15) is 0 Å². The van der Waals surface area contributed by atoms with Crippen LogP contribution in [0.3, 0.4) is 0 Å². The third kappa shape index (κ3) is 3.12. The molecular formula is C16H20BrN. The highest BCUT2D eigenvalue weighted by atomic mass is 79.9. The second kappa shape index (κ2) is 6.35. The van der Waals surface area contributed by atoms with Crippen LogP contribution in [0.4, 0.5) is 0 Å². The van der Waals surface area contributed by atoms with Gasteiger partial charge in [-0.3, -0.25) is 0 Å². The molecule has 0 bridgehead atoms. The molecule has 0 amide bonds. The standard InChI is InChI=1S/C16H20BrN/c1-3-4-5-16(18-2)14-7-6-13-11-15(17)9-8-12(13)10-14/h6-11,16,18H,3-5H2,1-2H3. The van der Waals surface area contributed by atoms with Crippen LogP contribution in [0, 0.1) is 0 Å². The minimum atomic E-state index is 0.470. The summed E-state index contributed by atoms with van der Waals surface area (Å²) in [5, 5.41) is 6.02. The summed E-state index contributed by atoms with van der Waals surface area (Å²) >= 11 is 3.52. The lowest BCUT2D eigenvalue weighted by Crippen LogP contribution is -2.16. The predicted molar refractivity (Wildman–Crippen MR) is 83.0 cm³/mol. The van der Waals surface area contributed by atoms with E-state index in [0.29, 0.717) is 6.04 Å². The van der Waals surface area contributed by atoms with Gasteiger partial charge in [-0.15, -0.1) is 0 Å². The summed E-state index contributed by atoms with van der Waals surface area (Å²) in [6.45, 7) is 2.24. The molecule has 0 fully saturated rings. The summed E-state index contributed by atoms with van der Waals surface area (Å²) < 4.78 is 1.14. The first kappa shape index (κ1) is 13.6. The van der Waals surface area contributed by atoms with E-state index < -0.39 is 0 Å². The van der Waals surface area contributed by atoms with Crippen molar-refractivity contribution in [3.63, 3.8) is 0 Å². The lowest BCUT2D eigenvalue weighted by molar-refractivity contribution is 0.523. The highest BCUT2D eigenvalue weighted by Gasteiger charge is 2.08. The highest BCUT2D eigenvalue weighted by molar-refractivity contribution is 9.10. The van der Waals surface area contributed by atoms with Crippen LogP contribution in [0.2, 0.25) is 0 Å². The number of rotatable bonds is 5. The van der Waals surface area contributed by atoms with E-state index in [1.807, 2.05) is 7.05 Å². The molecule has 18 heavy (non-hydrogen) atoms. The summed E-state index contributed by atoms with van der Waals surface area (Å²) in [6, 6.07) is 13.7. The lowest BCUT2D eigenvalue weighted by Gasteiger charge is -2.17. The van der Waals surface area contributed by atoms with E-state index >= 15 is 0 Å². The van der Waals surface area contributed by atoms with Crippen molar-refractivity contribution in [1.29, 1.82) is 0 Å². The second-order valence-corrected chi connectivity index (χ2v) is 5.65. The van der Waals surface area contributed by atoms with Crippen molar-refractivity contribution in [3.05, 3.63) is 46.4 Å². The summed E-state index contributed by atoms with van der Waals surface area (Å²) in [5.41, 5.74) is 1.39. The molecule has 1 unspecified atom stereocenters. The molecule has 0 aliphatic carbocycles. The molecule has 0 aromatic heterocycles. The van der Waals surface area contributed by atoms with E-state index in [-0.39, 0.29) is 0 Å². The third-order valence-electron chi connectivity index (χ3n) is 3.42. The van der Waals surface area contributed by atoms with E-state index in [0.717, 1.165) is 4.47 Å². The quantitative estimate of drug-likeness (QED) is 0.815. The summed E-state index contributed by atoms with van der Waals surface area (Å²) in [5.74, 6) is 0. The molecule has 1 atom stereocenters. The summed E-state index contributed by atoms with van der Waals surface area (Å²) in [4.78, 5) is 0. The Bertz CT molecular complexity index is 521. The van der Waals surface area contributed by atoms with E-state index in [9.17, 15) is 0 Å². The largest absolute Gasteiger partial charge is 0.313 e. The molecule has 0 spiro atoms. The van der Waals surface area contributed by atoms with E-state index in [2.05, 4.69) is 64.6 Å². The van der Waals surface area contributed by atoms with Gasteiger partial charge in [0.2, 0.25) is 0 Å². The first-order valence-corrected chi connectivity index (χ1v) is 7.40. The molecule has 2 aromatic rings. The van der Waals surface area contributed by atoms with E-state index in [1.165, 1.54) is 35.6 Å². The third-order valence-corrected chi connectivity index (χ3v) is 3.92. The van der Waals surface area contributed by atoms with Crippen molar-refractivity contribution < 1.29 is 0 Å². The van der Waals surface area contributed by atoms with Crippen molar-refractivity contribution in [1.82, 2.24) is 5.32 Å². The molecule has 96 valence electrons. The maximum atomic E-state index is 3.52. The zero-order valence-corrected chi connectivity index (χ0v) is 12.6. The van der Waals surface area contributed by atoms with Crippen molar-refractivity contribution in [2.45, 2.75) is 32.2 Å². The number of hydrogen-bond donors (Lipinski definition) is 1. The van der Waals surface area contributed by atoms with Gasteiger partial charge in [0.25, 0.3) is 0 Å². The Balaban J connectivity index is 2.30. The fraction of sp³-hybridized carbons (Fsp3) is 0.375. The zero-order valence-electron chi connectivity index (χ0n) is 11.0. The Morgan fingerprint density at radius 1 is 1.11 bits per heavy atom. The number of halogens is 1. The van der Waals surface area contributed by atoms with Gasteiger partial charge in [0, 0.05) is 10.5 Å². The maximum absolute atomic E-state index is 3.52. The molecule has 1 N–H and O–H groups in total. The van der Waals surface area contributed by atoms with Gasteiger partial charge in [-0.1, -0.05) is 53.9 Å². The normalized spacial score (nSPS) is 12.8. The molecule has 0 heterocycles. The molecule has 2 rings (SSSR count). The van der Waals surface area contributed by atoms with Gasteiger partial charge in [0.05, 0.1) is 0 Å². The predicted octanol–water partition coefficient (Wildman–Crippen LogP) is 5.05. The summed E-state index contributed by atoms with van der Waals surface area (Å²) in [6.07, 6.45) is 3.72. The Kier molecular flexibility index (Phi) is 4.79. The molecule has 1 nitrogen and oxygen atoms in total. The molecule has 0 saturated heterocycles. The molecule has 2 aromatic carbocycles. The van der Waals surface area contributed by atoms with Crippen LogP contribution in [-0.4, -0.2) is 7.05 Å². The zero-order chi connectivity index (χ0) is 13.0. The Morgan fingerprint density at radius 2 is 1.83 bits per heavy atom. The number of benzene rings is 2. The Labute approximate surface area is 118 Å². The van der Waals surface area contributed by atoms with Crippen LogP contribution in [0.25, 0.3) is 10.8 Å². The van der Waals surface area contributed by atoms with Crippen LogP contribution < -0.4 is 5.32 Å². The minimum Gasteiger partial charge on any atom is -0.313 e. The number of fused-ring (bicyclic) bond motifs is 1. The fourth-order valence-electron chi connectivity index (χ4n) is 2.34. The van der Waals surface area contributed by atoms with Gasteiger partial charge in [0.1, 0.15) is 0 Å². The van der Waals surface area contributed by atoms with Gasteiger partial charge < -0.3 is 5.32 Å². The number of unbranched alkanes of at least 4 members (excludes halogenated alkanes) is 1. The average molecular weight is 306 g/mol. The molecule has 0 aliphatic heterocycles. The lowest BCUT2D eigenvalue weighted by atomic mass is 9.98. The van der Waals surface area contributed by atoms with E-state index in [1.54, 1.807) is 0 Å². The van der Waals surface area contributed by atoms with Gasteiger partial charge in [-0.05, 0) is 48.0 Å². The Morgan fingerprint density at radius 3 is 2.56 bits per heavy atom. The van der Waals surface area contributed by atoms with Gasteiger partial charge >= 0.3 is 0 Å². The topological polar surface area (TPSA) is 12.0 Å². The monoisotopic (exact) mass is 305 g/mol. The molecule has 0 aliphatic rings. The number of nitrogens with one attached hydrogen (secondary N) is 1. The average Bonchev–Trinajstić information content (AvgIpc) is 2.39. The minimum absolute atomic E-state index is 0.470. The summed E-state index contributed by atoms with van der Waals surface area (Å²) in [7, 11) is 2.05. The van der Waals surface area contributed by atoms with Crippen molar-refractivity contribution in [2.75, 3.05) is 7.05 Å². The van der Waals surface area contributed by atoms with Crippen molar-refractivity contribution in [2.24, 2.45) is 0 Å². The molecule has 0 saturated carbocycles. The van der Waals surface area contributed by atoms with Gasteiger partial charge in [0.15, 0.2) is 0 Å². The van der Waals surface area contributed by atoms with Crippen LogP contribution in [0.5, 0.6) is 0 Å². The highest BCUT2D eigenvalue weighted by Crippen LogP contribution is 2.25. The second-order valence-electron chi connectivity index (χ2n) is 4.73. The first-order chi connectivity index (χ1) is 8.74. The van der Waals surface area contributed by atoms with Crippen molar-refractivity contribution >= 4 is 26.7 Å². The van der Waals surface area contributed by atoms with Crippen LogP contribution in [0.1, 0.15) is 37.8 Å². The SMILES string of the molecule is CCCCC(NC)c1ccc2cc(Br)ccc2c1. The maximum Gasteiger partial charge on any atom is 0.0317 e. The molecule has 2 heteroatoms. The molecule has 0 radical (unpaired) electrons. The number of hydrogen-bond acceptors (Lipinski definition) is 1. The Hall–Kier alpha value is -0.860. The van der Waals surface area contributed by atoms with Crippen LogP contribution >= 0.6 is 15.9 Å². The van der Waals surface area contributed by atoms with Crippen molar-refractivity contribution in [3.8, 4) is 0 Å². The van der Waals surface area contributed by atoms with Crippen LogP contribution in [0.15, 0.2) is 40.9 Å². The van der Waals surface area contributed by atoms with Crippen LogP contribution in [-0.2, 0) is 0 Å². The molecular weight excluding hydrogens is 286 g/mol. The first-order valence-electron chi connectivity index (χ1n) is 6.61. The smallest absolute Gasteiger partial charge is 0.0317 e. The fourth-order valence-corrected chi connectivity index (χ4v) is 2.72.